The molecule has 3 fully saturated rings. The van der Waals surface area contributed by atoms with Crippen LogP contribution in [0, 0.1) is 17.8 Å². The van der Waals surface area contributed by atoms with Crippen LogP contribution in [0.15, 0.2) is 29.4 Å². The number of esters is 1. The Balaban J connectivity index is 1.45. The summed E-state index contributed by atoms with van der Waals surface area (Å²) < 4.78 is 17.3. The first-order valence-electron chi connectivity index (χ1n) is 8.98. The molecule has 2 aliphatic carbocycles. The molecule has 6 heteroatoms. The first-order chi connectivity index (χ1) is 12.0. The summed E-state index contributed by atoms with van der Waals surface area (Å²) in [6.45, 7) is 3.99. The first kappa shape index (κ1) is 17.3. The van der Waals surface area contributed by atoms with Gasteiger partial charge in [0.2, 0.25) is 0 Å². The zero-order valence-corrected chi connectivity index (χ0v) is 15.7. The first-order valence-corrected chi connectivity index (χ1v) is 9.86. The summed E-state index contributed by atoms with van der Waals surface area (Å²) in [6.07, 6.45) is 5.24. The minimum Gasteiger partial charge on any atom is -0.468 e. The number of thioether (sulfide) groups is 1. The molecule has 1 unspecified atom stereocenters. The number of hydrogen-bond acceptors (Lipinski definition) is 6. The van der Waals surface area contributed by atoms with Crippen LogP contribution < -0.4 is 0 Å². The third-order valence-corrected chi connectivity index (χ3v) is 6.87. The normalized spacial score (nSPS) is 36.2. The van der Waals surface area contributed by atoms with Gasteiger partial charge in [-0.2, -0.15) is 0 Å². The summed E-state index contributed by atoms with van der Waals surface area (Å²) >= 11 is 1.50. The van der Waals surface area contributed by atoms with Gasteiger partial charge in [0.25, 0.3) is 0 Å². The highest BCUT2D eigenvalue weighted by Crippen LogP contribution is 2.57. The molecule has 1 aliphatic heterocycles. The van der Waals surface area contributed by atoms with Gasteiger partial charge in [0, 0.05) is 6.20 Å². The number of fused-ring (bicyclic) bond motifs is 5. The SMILES string of the molecule is COC(=O)C(C[C@@H]1C[C@@H]2C[C@H]1[C@H]1OC(C)(C)O[C@@H]21)Sc1ccccn1. The molecule has 0 radical (unpaired) electrons. The predicted octanol–water partition coefficient (Wildman–Crippen LogP) is 3.28. The highest BCUT2D eigenvalue weighted by atomic mass is 32.2. The summed E-state index contributed by atoms with van der Waals surface area (Å²) in [7, 11) is 1.46. The molecule has 2 bridgehead atoms. The lowest BCUT2D eigenvalue weighted by Gasteiger charge is -2.30. The van der Waals surface area contributed by atoms with Crippen LogP contribution in [-0.4, -0.2) is 41.3 Å². The van der Waals surface area contributed by atoms with Crippen LogP contribution >= 0.6 is 11.8 Å². The third kappa shape index (κ3) is 3.32. The van der Waals surface area contributed by atoms with E-state index in [-0.39, 0.29) is 23.4 Å². The molecule has 0 N–H and O–H groups in total. The third-order valence-electron chi connectivity index (χ3n) is 5.72. The minimum atomic E-state index is -0.481. The fourth-order valence-corrected chi connectivity index (χ4v) is 5.92. The van der Waals surface area contributed by atoms with Crippen molar-refractivity contribution in [3.63, 3.8) is 0 Å². The van der Waals surface area contributed by atoms with E-state index in [4.69, 9.17) is 14.2 Å². The van der Waals surface area contributed by atoms with E-state index in [0.717, 1.165) is 24.3 Å². The Bertz CT molecular complexity index is 638. The maximum Gasteiger partial charge on any atom is 0.319 e. The summed E-state index contributed by atoms with van der Waals surface area (Å²) in [5.41, 5.74) is 0. The highest BCUT2D eigenvalue weighted by molar-refractivity contribution is 8.00. The number of hydrogen-bond donors (Lipinski definition) is 0. The van der Waals surface area contributed by atoms with E-state index in [1.165, 1.54) is 18.9 Å². The van der Waals surface area contributed by atoms with E-state index in [0.29, 0.717) is 17.8 Å². The standard InChI is InChI=1S/C19H25NO4S/c1-19(2)23-16-12-8-11(13(9-12)17(16)24-19)10-14(18(21)22-3)25-15-6-4-5-7-20-15/h4-7,11-14,16-17H,8-10H2,1-3H3/t11-,12+,13+,14?,16-,17+/m0/s1. The van der Waals surface area contributed by atoms with Crippen LogP contribution in [0.2, 0.25) is 0 Å². The molecule has 0 amide bonds. The van der Waals surface area contributed by atoms with Gasteiger partial charge >= 0.3 is 5.97 Å². The van der Waals surface area contributed by atoms with Crippen molar-refractivity contribution in [1.29, 1.82) is 0 Å². The lowest BCUT2D eigenvalue weighted by Crippen LogP contribution is -2.36. The van der Waals surface area contributed by atoms with E-state index in [1.807, 2.05) is 32.0 Å². The van der Waals surface area contributed by atoms with Gasteiger partial charge in [-0.25, -0.2) is 4.98 Å². The largest absolute Gasteiger partial charge is 0.468 e. The number of carbonyl (C=O) groups is 1. The van der Waals surface area contributed by atoms with Crippen molar-refractivity contribution in [2.24, 2.45) is 17.8 Å². The predicted molar refractivity (Wildman–Crippen MR) is 94.0 cm³/mol. The van der Waals surface area contributed by atoms with Crippen molar-refractivity contribution in [3.8, 4) is 0 Å². The number of aromatic nitrogens is 1. The second-order valence-electron chi connectivity index (χ2n) is 7.75. The van der Waals surface area contributed by atoms with Gasteiger partial charge < -0.3 is 14.2 Å². The summed E-state index contributed by atoms with van der Waals surface area (Å²) in [4.78, 5) is 16.7. The summed E-state index contributed by atoms with van der Waals surface area (Å²) in [5.74, 6) is 0.863. The fourth-order valence-electron chi connectivity index (χ4n) is 4.82. The Labute approximate surface area is 152 Å². The van der Waals surface area contributed by atoms with Gasteiger partial charge in [-0.3, -0.25) is 4.79 Å². The maximum atomic E-state index is 12.3. The van der Waals surface area contributed by atoms with Crippen LogP contribution in [0.3, 0.4) is 0 Å². The van der Waals surface area contributed by atoms with E-state index in [2.05, 4.69) is 4.98 Å². The lowest BCUT2D eigenvalue weighted by molar-refractivity contribution is -0.158. The van der Waals surface area contributed by atoms with Crippen molar-refractivity contribution in [1.82, 2.24) is 4.98 Å². The molecule has 136 valence electrons. The second-order valence-corrected chi connectivity index (χ2v) is 8.98. The molecule has 6 atom stereocenters. The number of carbonyl (C=O) groups excluding carboxylic acids is 1. The number of ether oxygens (including phenoxy) is 3. The maximum absolute atomic E-state index is 12.3. The van der Waals surface area contributed by atoms with E-state index >= 15 is 0 Å². The van der Waals surface area contributed by atoms with Gasteiger partial charge in [-0.1, -0.05) is 17.8 Å². The van der Waals surface area contributed by atoms with Crippen LogP contribution in [0.25, 0.3) is 0 Å². The molecular formula is C19H25NO4S. The molecule has 1 aromatic rings. The van der Waals surface area contributed by atoms with Crippen molar-refractivity contribution < 1.29 is 19.0 Å². The van der Waals surface area contributed by atoms with Crippen LogP contribution in [-0.2, 0) is 19.0 Å². The monoisotopic (exact) mass is 363 g/mol. The molecule has 2 saturated carbocycles. The molecular weight excluding hydrogens is 338 g/mol. The zero-order valence-electron chi connectivity index (χ0n) is 14.9. The van der Waals surface area contributed by atoms with Crippen molar-refractivity contribution in [2.45, 2.75) is 61.4 Å². The highest BCUT2D eigenvalue weighted by Gasteiger charge is 2.60. The van der Waals surface area contributed by atoms with Gasteiger partial charge in [0.1, 0.15) is 5.25 Å². The average Bonchev–Trinajstić information content (AvgIpc) is 3.23. The number of rotatable bonds is 5. The lowest BCUT2D eigenvalue weighted by atomic mass is 9.82. The molecule has 5 nitrogen and oxygen atoms in total. The Morgan fingerprint density at radius 1 is 1.36 bits per heavy atom. The van der Waals surface area contributed by atoms with E-state index in [1.54, 1.807) is 6.20 Å². The van der Waals surface area contributed by atoms with Crippen molar-refractivity contribution in [2.75, 3.05) is 7.11 Å². The Morgan fingerprint density at radius 2 is 2.16 bits per heavy atom. The Hall–Kier alpha value is -1.11. The number of nitrogens with zero attached hydrogens (tertiary/aromatic N) is 1. The van der Waals surface area contributed by atoms with Gasteiger partial charge in [0.15, 0.2) is 5.79 Å². The zero-order chi connectivity index (χ0) is 17.6. The number of methoxy groups -OCH3 is 1. The second kappa shape index (κ2) is 6.56. The molecule has 3 aliphatic rings. The number of pyridine rings is 1. The van der Waals surface area contributed by atoms with E-state index < -0.39 is 5.79 Å². The molecule has 0 spiro atoms. The van der Waals surface area contributed by atoms with Crippen molar-refractivity contribution >= 4 is 17.7 Å². The quantitative estimate of drug-likeness (QED) is 0.591. The summed E-state index contributed by atoms with van der Waals surface area (Å²) in [6, 6.07) is 5.76. The Kier molecular flexibility index (Phi) is 4.54. The van der Waals surface area contributed by atoms with E-state index in [9.17, 15) is 4.79 Å². The smallest absolute Gasteiger partial charge is 0.319 e. The molecule has 1 saturated heterocycles. The van der Waals surface area contributed by atoms with Gasteiger partial charge in [-0.15, -0.1) is 0 Å². The molecule has 2 heterocycles. The van der Waals surface area contributed by atoms with Gasteiger partial charge in [0.05, 0.1) is 24.3 Å². The molecule has 0 aromatic carbocycles. The molecule has 25 heavy (non-hydrogen) atoms. The van der Waals surface area contributed by atoms with Gasteiger partial charge in [-0.05, 0) is 63.0 Å². The molecule has 1 aromatic heterocycles. The molecule has 4 rings (SSSR count). The topological polar surface area (TPSA) is 57.7 Å². The summed E-state index contributed by atoms with van der Waals surface area (Å²) in [5, 5.41) is 0.638. The fraction of sp³-hybridized carbons (Fsp3) is 0.684. The Morgan fingerprint density at radius 3 is 2.88 bits per heavy atom. The van der Waals surface area contributed by atoms with Crippen LogP contribution in [0.4, 0.5) is 0 Å². The minimum absolute atomic E-state index is 0.168. The van der Waals surface area contributed by atoms with Crippen molar-refractivity contribution in [3.05, 3.63) is 24.4 Å². The average molecular weight is 363 g/mol. The van der Waals surface area contributed by atoms with Crippen LogP contribution in [0.1, 0.15) is 33.1 Å². The van der Waals surface area contributed by atoms with Crippen LogP contribution in [0.5, 0.6) is 0 Å².